The monoisotopic (exact) mass is 383 g/mol. The van der Waals surface area contributed by atoms with Crippen LogP contribution >= 0.6 is 0 Å². The Labute approximate surface area is 167 Å². The van der Waals surface area contributed by atoms with Crippen LogP contribution in [0.25, 0.3) is 0 Å². The average Bonchev–Trinajstić information content (AvgIpc) is 2.70. The molecule has 0 atom stereocenters. The minimum absolute atomic E-state index is 0.00200. The van der Waals surface area contributed by atoms with Crippen LogP contribution in [0.1, 0.15) is 22.3 Å². The maximum absolute atomic E-state index is 10.0. The highest BCUT2D eigenvalue weighted by Crippen LogP contribution is 2.36. The first-order valence-corrected chi connectivity index (χ1v) is 9.52. The van der Waals surface area contributed by atoms with E-state index in [1.165, 1.54) is 30.9 Å². The van der Waals surface area contributed by atoms with Gasteiger partial charge in [-0.2, -0.15) is 5.10 Å². The zero-order valence-electron chi connectivity index (χ0n) is 17.1. The Morgan fingerprint density at radius 2 is 1.64 bits per heavy atom. The van der Waals surface area contributed by atoms with Crippen molar-refractivity contribution in [3.05, 3.63) is 52.6 Å². The van der Waals surface area contributed by atoms with E-state index in [2.05, 4.69) is 47.1 Å². The lowest BCUT2D eigenvalue weighted by molar-refractivity contribution is 0.131. The second kappa shape index (κ2) is 8.97. The molecule has 0 radical (unpaired) electrons. The molecule has 6 nitrogen and oxygen atoms in total. The van der Waals surface area contributed by atoms with Gasteiger partial charge in [0, 0.05) is 38.3 Å². The van der Waals surface area contributed by atoms with Gasteiger partial charge >= 0.3 is 0 Å². The average molecular weight is 383 g/mol. The number of hydrogen-bond donors (Lipinski definition) is 1. The predicted octanol–water partition coefficient (Wildman–Crippen LogP) is 3.18. The van der Waals surface area contributed by atoms with E-state index < -0.39 is 0 Å². The van der Waals surface area contributed by atoms with E-state index in [-0.39, 0.29) is 5.75 Å². The number of aromatic hydroxyl groups is 1. The van der Waals surface area contributed by atoms with E-state index in [1.807, 2.05) is 0 Å². The maximum atomic E-state index is 10.0. The van der Waals surface area contributed by atoms with Crippen molar-refractivity contribution in [1.29, 1.82) is 0 Å². The number of benzene rings is 2. The standard InChI is InChI=1S/C22H29N3O3/c1-16-5-6-19(17(2)11-16)15-24-7-9-25(10-8-24)23-14-18-12-20(27-3)22(26)21(13-18)28-4/h5-6,11-14,26H,7-10,15H2,1-4H3/b23-14-. The first kappa shape index (κ1) is 20.0. The zero-order chi connectivity index (χ0) is 20.1. The molecule has 0 bridgehead atoms. The Balaban J connectivity index is 1.58. The maximum Gasteiger partial charge on any atom is 0.200 e. The van der Waals surface area contributed by atoms with E-state index in [4.69, 9.17) is 9.47 Å². The topological polar surface area (TPSA) is 57.5 Å². The summed E-state index contributed by atoms with van der Waals surface area (Å²) in [4.78, 5) is 2.47. The van der Waals surface area contributed by atoms with Gasteiger partial charge in [0.15, 0.2) is 11.5 Å². The summed E-state index contributed by atoms with van der Waals surface area (Å²) < 4.78 is 10.4. The smallest absolute Gasteiger partial charge is 0.200 e. The lowest BCUT2D eigenvalue weighted by Gasteiger charge is -2.33. The molecule has 1 N–H and O–H groups in total. The zero-order valence-corrected chi connectivity index (χ0v) is 17.1. The third-order valence-electron chi connectivity index (χ3n) is 5.11. The van der Waals surface area contributed by atoms with Crippen LogP contribution in [0.15, 0.2) is 35.4 Å². The third-order valence-corrected chi connectivity index (χ3v) is 5.11. The highest BCUT2D eigenvalue weighted by Gasteiger charge is 2.16. The number of hydrazone groups is 1. The quantitative estimate of drug-likeness (QED) is 0.777. The molecule has 0 saturated carbocycles. The van der Waals surface area contributed by atoms with E-state index >= 15 is 0 Å². The van der Waals surface area contributed by atoms with Crippen LogP contribution in [0.2, 0.25) is 0 Å². The van der Waals surface area contributed by atoms with Gasteiger partial charge in [-0.05, 0) is 37.1 Å². The van der Waals surface area contributed by atoms with Crippen molar-refractivity contribution in [2.45, 2.75) is 20.4 Å². The minimum atomic E-state index is 0.00200. The number of phenolic OH excluding ortho intramolecular Hbond substituents is 1. The lowest BCUT2D eigenvalue weighted by atomic mass is 10.1. The molecule has 0 amide bonds. The summed E-state index contributed by atoms with van der Waals surface area (Å²) in [6, 6.07) is 10.2. The van der Waals surface area contributed by atoms with Gasteiger partial charge in [-0.3, -0.25) is 9.91 Å². The molecule has 1 aliphatic heterocycles. The molecule has 0 spiro atoms. The molecule has 1 aliphatic rings. The van der Waals surface area contributed by atoms with Gasteiger partial charge in [-0.25, -0.2) is 0 Å². The van der Waals surface area contributed by atoms with Gasteiger partial charge in [-0.15, -0.1) is 0 Å². The van der Waals surface area contributed by atoms with Gasteiger partial charge in [0.1, 0.15) is 0 Å². The van der Waals surface area contributed by atoms with E-state index in [9.17, 15) is 5.11 Å². The van der Waals surface area contributed by atoms with Gasteiger partial charge in [-0.1, -0.05) is 23.8 Å². The minimum Gasteiger partial charge on any atom is -0.502 e. The second-order valence-corrected chi connectivity index (χ2v) is 7.18. The summed E-state index contributed by atoms with van der Waals surface area (Å²) in [7, 11) is 3.04. The van der Waals surface area contributed by atoms with Crippen LogP contribution in [-0.2, 0) is 6.54 Å². The number of phenols is 1. The van der Waals surface area contributed by atoms with Crippen LogP contribution in [-0.4, -0.2) is 61.6 Å². The predicted molar refractivity (Wildman–Crippen MR) is 112 cm³/mol. The van der Waals surface area contributed by atoms with Crippen LogP contribution in [0, 0.1) is 13.8 Å². The molecular formula is C22H29N3O3. The summed E-state index contributed by atoms with van der Waals surface area (Å²) in [5.74, 6) is 0.750. The molecule has 0 aliphatic carbocycles. The second-order valence-electron chi connectivity index (χ2n) is 7.18. The number of piperazine rings is 1. The number of ether oxygens (including phenoxy) is 2. The van der Waals surface area contributed by atoms with Gasteiger partial charge in [0.05, 0.1) is 20.4 Å². The van der Waals surface area contributed by atoms with E-state index in [1.54, 1.807) is 18.3 Å². The van der Waals surface area contributed by atoms with Crippen molar-refractivity contribution < 1.29 is 14.6 Å². The Hall–Kier alpha value is -2.73. The summed E-state index contributed by atoms with van der Waals surface area (Å²) >= 11 is 0. The van der Waals surface area contributed by atoms with Gasteiger partial charge in [0.25, 0.3) is 0 Å². The van der Waals surface area contributed by atoms with Crippen molar-refractivity contribution in [2.75, 3.05) is 40.4 Å². The first-order chi connectivity index (χ1) is 13.5. The number of nitrogens with zero attached hydrogens (tertiary/aromatic N) is 3. The summed E-state index contributed by atoms with van der Waals surface area (Å²) in [5.41, 5.74) is 4.88. The summed E-state index contributed by atoms with van der Waals surface area (Å²) in [5, 5.41) is 16.7. The molecule has 1 fully saturated rings. The summed E-state index contributed by atoms with van der Waals surface area (Å²) in [6.45, 7) is 9.02. The van der Waals surface area contributed by atoms with Crippen molar-refractivity contribution in [2.24, 2.45) is 5.10 Å². The molecule has 0 unspecified atom stereocenters. The Morgan fingerprint density at radius 3 is 2.21 bits per heavy atom. The number of aryl methyl sites for hydroxylation is 2. The molecule has 3 rings (SSSR count). The number of hydrogen-bond acceptors (Lipinski definition) is 6. The van der Waals surface area contributed by atoms with Crippen molar-refractivity contribution in [1.82, 2.24) is 9.91 Å². The molecule has 28 heavy (non-hydrogen) atoms. The van der Waals surface area contributed by atoms with Crippen LogP contribution < -0.4 is 9.47 Å². The fourth-order valence-electron chi connectivity index (χ4n) is 3.41. The Morgan fingerprint density at radius 1 is 1.00 bits per heavy atom. The first-order valence-electron chi connectivity index (χ1n) is 9.52. The van der Waals surface area contributed by atoms with Crippen LogP contribution in [0.4, 0.5) is 0 Å². The highest BCUT2D eigenvalue weighted by atomic mass is 16.5. The highest BCUT2D eigenvalue weighted by molar-refractivity contribution is 5.82. The Kier molecular flexibility index (Phi) is 6.41. The molecule has 150 valence electrons. The lowest BCUT2D eigenvalue weighted by Crippen LogP contribution is -2.43. The molecule has 2 aromatic carbocycles. The Bertz CT molecular complexity index is 818. The van der Waals surface area contributed by atoms with E-state index in [0.29, 0.717) is 11.5 Å². The van der Waals surface area contributed by atoms with Crippen LogP contribution in [0.5, 0.6) is 17.2 Å². The van der Waals surface area contributed by atoms with Crippen LogP contribution in [0.3, 0.4) is 0 Å². The third kappa shape index (κ3) is 4.75. The fraction of sp³-hybridized carbons (Fsp3) is 0.409. The van der Waals surface area contributed by atoms with Crippen molar-refractivity contribution in [3.8, 4) is 17.2 Å². The normalized spacial score (nSPS) is 15.2. The molecular weight excluding hydrogens is 354 g/mol. The SMILES string of the molecule is COc1cc(/C=N\N2CCN(Cc3ccc(C)cc3C)CC2)cc(OC)c1O. The molecule has 1 heterocycles. The number of rotatable bonds is 6. The number of methoxy groups -OCH3 is 2. The molecule has 0 aromatic heterocycles. The van der Waals surface area contributed by atoms with Crippen molar-refractivity contribution >= 4 is 6.21 Å². The van der Waals surface area contributed by atoms with Crippen molar-refractivity contribution in [3.63, 3.8) is 0 Å². The molecule has 1 saturated heterocycles. The van der Waals surface area contributed by atoms with Gasteiger partial charge < -0.3 is 14.6 Å². The van der Waals surface area contributed by atoms with E-state index in [0.717, 1.165) is 38.3 Å². The fourth-order valence-corrected chi connectivity index (χ4v) is 3.41. The summed E-state index contributed by atoms with van der Waals surface area (Å²) in [6.07, 6.45) is 1.78. The molecule has 2 aromatic rings. The van der Waals surface area contributed by atoms with Gasteiger partial charge in [0.2, 0.25) is 5.75 Å². The largest absolute Gasteiger partial charge is 0.502 e. The molecule has 6 heteroatoms.